The third-order valence-corrected chi connectivity index (χ3v) is 2.28. The van der Waals surface area contributed by atoms with E-state index in [1.807, 2.05) is 6.92 Å². The fraction of sp³-hybridized carbons (Fsp3) is 0.444. The zero-order valence-corrected chi connectivity index (χ0v) is 8.43. The summed E-state index contributed by atoms with van der Waals surface area (Å²) in [5.74, 6) is 0.400. The van der Waals surface area contributed by atoms with Gasteiger partial charge in [0.1, 0.15) is 0 Å². The molecule has 1 N–H and O–H groups in total. The van der Waals surface area contributed by atoms with E-state index in [1.165, 1.54) is 21.4 Å². The molecule has 6 heteroatoms. The Bertz CT molecular complexity index is 578. The highest BCUT2D eigenvalue weighted by atomic mass is 16.2. The van der Waals surface area contributed by atoms with Crippen LogP contribution in [-0.4, -0.2) is 18.9 Å². The van der Waals surface area contributed by atoms with Crippen LogP contribution < -0.4 is 11.4 Å². The van der Waals surface area contributed by atoms with Crippen LogP contribution in [-0.2, 0) is 6.54 Å². The van der Waals surface area contributed by atoms with Crippen LogP contribution in [0.15, 0.2) is 22.0 Å². The van der Waals surface area contributed by atoms with Gasteiger partial charge in [-0.1, -0.05) is 13.3 Å². The summed E-state index contributed by atoms with van der Waals surface area (Å²) in [5, 5.41) is 0. The average Bonchev–Trinajstić information content (AvgIpc) is 2.66. The molecule has 0 unspecified atom stereocenters. The quantitative estimate of drug-likeness (QED) is 0.770. The number of fused-ring (bicyclic) bond motifs is 1. The minimum atomic E-state index is -0.444. The van der Waals surface area contributed by atoms with Crippen molar-refractivity contribution in [2.75, 3.05) is 0 Å². The number of nitrogens with zero attached hydrogens (tertiary/aromatic N) is 3. The fourth-order valence-corrected chi connectivity index (χ4v) is 1.48. The number of rotatable bonds is 3. The van der Waals surface area contributed by atoms with E-state index < -0.39 is 11.4 Å². The molecule has 0 saturated heterocycles. The van der Waals surface area contributed by atoms with Gasteiger partial charge in [-0.2, -0.15) is 0 Å². The number of imidazole rings is 1. The van der Waals surface area contributed by atoms with E-state index in [4.69, 9.17) is 0 Å². The molecule has 2 rings (SSSR count). The van der Waals surface area contributed by atoms with Crippen LogP contribution in [0.3, 0.4) is 0 Å². The Labute approximate surface area is 85.2 Å². The lowest BCUT2D eigenvalue weighted by molar-refractivity contribution is 0.595. The highest BCUT2D eigenvalue weighted by Crippen LogP contribution is 1.96. The summed E-state index contributed by atoms with van der Waals surface area (Å²) in [6, 6.07) is 0. The topological polar surface area (TPSA) is 72.2 Å². The van der Waals surface area contributed by atoms with Crippen LogP contribution in [0.25, 0.3) is 5.78 Å². The molecule has 0 aliphatic heterocycles. The second kappa shape index (κ2) is 3.72. The Hall–Kier alpha value is -1.85. The molecule has 0 bridgehead atoms. The van der Waals surface area contributed by atoms with Gasteiger partial charge in [-0.05, 0) is 6.42 Å². The van der Waals surface area contributed by atoms with Gasteiger partial charge in [-0.25, -0.2) is 19.0 Å². The summed E-state index contributed by atoms with van der Waals surface area (Å²) in [5.41, 5.74) is -0.840. The maximum absolute atomic E-state index is 11.5. The van der Waals surface area contributed by atoms with E-state index in [1.54, 1.807) is 0 Å². The Kier molecular flexibility index (Phi) is 2.40. The van der Waals surface area contributed by atoms with Gasteiger partial charge >= 0.3 is 11.4 Å². The van der Waals surface area contributed by atoms with Gasteiger partial charge in [0.25, 0.3) is 0 Å². The molecule has 6 nitrogen and oxygen atoms in total. The second-order valence-corrected chi connectivity index (χ2v) is 3.34. The molecule has 0 aliphatic carbocycles. The van der Waals surface area contributed by atoms with Crippen LogP contribution in [0.1, 0.15) is 19.8 Å². The van der Waals surface area contributed by atoms with Crippen molar-refractivity contribution in [3.05, 3.63) is 33.4 Å². The first-order valence-electron chi connectivity index (χ1n) is 4.90. The Morgan fingerprint density at radius 2 is 2.20 bits per heavy atom. The van der Waals surface area contributed by atoms with E-state index in [0.29, 0.717) is 12.3 Å². The van der Waals surface area contributed by atoms with Gasteiger partial charge in [0.15, 0.2) is 0 Å². The molecule has 0 spiro atoms. The lowest BCUT2D eigenvalue weighted by Gasteiger charge is -2.04. The van der Waals surface area contributed by atoms with Crippen LogP contribution in [0.2, 0.25) is 0 Å². The van der Waals surface area contributed by atoms with Gasteiger partial charge in [-0.15, -0.1) is 0 Å². The van der Waals surface area contributed by atoms with Crippen molar-refractivity contribution < 1.29 is 0 Å². The smallest absolute Gasteiger partial charge is 0.263 e. The third-order valence-electron chi connectivity index (χ3n) is 2.28. The lowest BCUT2D eigenvalue weighted by Crippen LogP contribution is -2.34. The molecule has 0 aromatic carbocycles. The Morgan fingerprint density at radius 3 is 2.93 bits per heavy atom. The number of aromatic amines is 1. The molecule has 0 atom stereocenters. The zero-order valence-electron chi connectivity index (χ0n) is 8.43. The number of aryl methyl sites for hydroxylation is 1. The summed E-state index contributed by atoms with van der Waals surface area (Å²) in [4.78, 5) is 29.1. The van der Waals surface area contributed by atoms with Crippen molar-refractivity contribution in [2.45, 2.75) is 26.3 Å². The molecular weight excluding hydrogens is 196 g/mol. The first-order valence-corrected chi connectivity index (χ1v) is 4.90. The maximum atomic E-state index is 11.5. The van der Waals surface area contributed by atoms with Gasteiger partial charge in [-0.3, -0.25) is 9.55 Å². The number of nitrogens with one attached hydrogen (secondary N) is 1. The molecule has 0 fully saturated rings. The minimum Gasteiger partial charge on any atom is -0.263 e. The molecule has 80 valence electrons. The van der Waals surface area contributed by atoms with E-state index in [2.05, 4.69) is 9.97 Å². The molecule has 2 heterocycles. The number of hydrogen-bond acceptors (Lipinski definition) is 3. The minimum absolute atomic E-state index is 0.396. The van der Waals surface area contributed by atoms with E-state index in [9.17, 15) is 9.59 Å². The van der Waals surface area contributed by atoms with Crippen molar-refractivity contribution in [1.82, 2.24) is 18.9 Å². The monoisotopic (exact) mass is 208 g/mol. The maximum Gasteiger partial charge on any atom is 0.336 e. The van der Waals surface area contributed by atoms with Gasteiger partial charge in [0.05, 0.1) is 0 Å². The summed E-state index contributed by atoms with van der Waals surface area (Å²) in [6.45, 7) is 2.62. The molecule has 15 heavy (non-hydrogen) atoms. The van der Waals surface area contributed by atoms with Gasteiger partial charge < -0.3 is 0 Å². The summed E-state index contributed by atoms with van der Waals surface area (Å²) < 4.78 is 2.81. The van der Waals surface area contributed by atoms with Gasteiger partial charge in [0, 0.05) is 18.9 Å². The molecule has 0 saturated carbocycles. The normalized spacial score (nSPS) is 11.0. The number of hydrogen-bond donors (Lipinski definition) is 1. The van der Waals surface area contributed by atoms with E-state index >= 15 is 0 Å². The lowest BCUT2D eigenvalue weighted by atomic mass is 10.3. The van der Waals surface area contributed by atoms with Crippen LogP contribution in [0.5, 0.6) is 0 Å². The first-order chi connectivity index (χ1) is 7.24. The third kappa shape index (κ3) is 1.58. The van der Waals surface area contributed by atoms with Crippen molar-refractivity contribution in [3.63, 3.8) is 0 Å². The van der Waals surface area contributed by atoms with E-state index in [0.717, 1.165) is 12.8 Å². The average molecular weight is 208 g/mol. The van der Waals surface area contributed by atoms with Crippen molar-refractivity contribution in [1.29, 1.82) is 0 Å². The van der Waals surface area contributed by atoms with Gasteiger partial charge in [0.2, 0.25) is 5.78 Å². The fourth-order valence-electron chi connectivity index (χ4n) is 1.48. The van der Waals surface area contributed by atoms with Crippen molar-refractivity contribution >= 4 is 5.78 Å². The predicted octanol–water partition coefficient (Wildman–Crippen LogP) is -0.0156. The summed E-state index contributed by atoms with van der Waals surface area (Å²) >= 11 is 0. The molecular formula is C9H12N4O2. The molecule has 0 aliphatic rings. The van der Waals surface area contributed by atoms with E-state index in [-0.39, 0.29) is 0 Å². The number of H-pyrrole nitrogens is 1. The van der Waals surface area contributed by atoms with Crippen molar-refractivity contribution in [3.8, 4) is 0 Å². The molecule has 2 aromatic heterocycles. The molecule has 0 amide bonds. The van der Waals surface area contributed by atoms with Crippen LogP contribution in [0, 0.1) is 0 Å². The second-order valence-electron chi connectivity index (χ2n) is 3.34. The van der Waals surface area contributed by atoms with Crippen LogP contribution >= 0.6 is 0 Å². The Morgan fingerprint density at radius 1 is 1.40 bits per heavy atom. The largest absolute Gasteiger partial charge is 0.336 e. The number of aromatic nitrogens is 4. The summed E-state index contributed by atoms with van der Waals surface area (Å²) in [6.07, 6.45) is 4.91. The number of unbranched alkanes of at least 4 members (excludes halogenated alkanes) is 1. The highest BCUT2D eigenvalue weighted by Gasteiger charge is 2.06. The summed E-state index contributed by atoms with van der Waals surface area (Å²) in [7, 11) is 0. The predicted molar refractivity (Wildman–Crippen MR) is 55.0 cm³/mol. The molecule has 2 aromatic rings. The standard InChI is InChI=1S/C9H12N4O2/c1-2-3-5-12-7-10-4-6-13(7)9(15)11-8(12)14/h4,6H,2-3,5H2,1H3,(H,11,14,15). The van der Waals surface area contributed by atoms with Crippen LogP contribution in [0.4, 0.5) is 0 Å². The van der Waals surface area contributed by atoms with Crippen molar-refractivity contribution in [2.24, 2.45) is 0 Å². The molecule has 0 radical (unpaired) electrons. The highest BCUT2D eigenvalue weighted by molar-refractivity contribution is 5.26. The Balaban J connectivity index is 2.66. The SMILES string of the molecule is CCCCn1c(=O)[nH]c(=O)n2ccnc12. The first kappa shape index (κ1) is 9.70. The zero-order chi connectivity index (χ0) is 10.8.